The summed E-state index contributed by atoms with van der Waals surface area (Å²) in [7, 11) is -3.17. The van der Waals surface area contributed by atoms with Crippen LogP contribution in [0, 0.1) is 0 Å². The zero-order valence-corrected chi connectivity index (χ0v) is 11.3. The molecule has 0 unspecified atom stereocenters. The highest BCUT2D eigenvalue weighted by Gasteiger charge is 2.15. The fraction of sp³-hybridized carbons (Fsp3) is 0.462. The second-order valence-electron chi connectivity index (χ2n) is 4.29. The maximum atomic E-state index is 11.8. The van der Waals surface area contributed by atoms with E-state index in [0.29, 0.717) is 11.3 Å². The fourth-order valence-electron chi connectivity index (χ4n) is 1.75. The summed E-state index contributed by atoms with van der Waals surface area (Å²) in [5, 5.41) is 0. The minimum absolute atomic E-state index is 0.0948. The topological polar surface area (TPSA) is 51.2 Å². The lowest BCUT2D eigenvalue weighted by atomic mass is 9.96. The summed E-state index contributed by atoms with van der Waals surface area (Å²) in [5.41, 5.74) is 1.84. The molecule has 1 aromatic carbocycles. The van der Waals surface area contributed by atoms with Crippen LogP contribution in [0.3, 0.4) is 0 Å². The van der Waals surface area contributed by atoms with E-state index in [2.05, 4.69) is 0 Å². The van der Waals surface area contributed by atoms with Crippen molar-refractivity contribution >= 4 is 16.1 Å². The highest BCUT2D eigenvalue weighted by molar-refractivity contribution is 7.91. The summed E-state index contributed by atoms with van der Waals surface area (Å²) < 4.78 is 23.6. The molecule has 0 bridgehead atoms. The third-order valence-electron chi connectivity index (χ3n) is 2.78. The number of rotatable bonds is 5. The summed E-state index contributed by atoms with van der Waals surface area (Å²) in [5.74, 6) is 0.300. The Labute approximate surface area is 103 Å². The van der Waals surface area contributed by atoms with E-state index in [1.54, 1.807) is 25.1 Å². The van der Waals surface area contributed by atoms with Gasteiger partial charge in [-0.25, -0.2) is 8.42 Å². The molecule has 0 fully saturated rings. The van der Waals surface area contributed by atoms with E-state index in [0.717, 1.165) is 17.4 Å². The Morgan fingerprint density at radius 2 is 1.94 bits per heavy atom. The largest absolute Gasteiger partial charge is 0.303 e. The summed E-state index contributed by atoms with van der Waals surface area (Å²) in [6.07, 6.45) is 1.18. The standard InChI is InChI=1S/C13H18O3S/c1-4-17(15,16)12-6-5-11(7-8-14)13(9-12)10(2)3/h5-6,8-10H,4,7H2,1-3H3. The van der Waals surface area contributed by atoms with Crippen LogP contribution in [-0.2, 0) is 21.1 Å². The maximum absolute atomic E-state index is 11.8. The molecule has 0 aliphatic rings. The minimum Gasteiger partial charge on any atom is -0.303 e. The molecule has 0 saturated carbocycles. The highest BCUT2D eigenvalue weighted by atomic mass is 32.2. The van der Waals surface area contributed by atoms with Gasteiger partial charge in [0.15, 0.2) is 9.84 Å². The molecular formula is C13H18O3S. The van der Waals surface area contributed by atoms with E-state index >= 15 is 0 Å². The van der Waals surface area contributed by atoms with Gasteiger partial charge in [-0.3, -0.25) is 0 Å². The summed E-state index contributed by atoms with van der Waals surface area (Å²) in [4.78, 5) is 10.9. The second kappa shape index (κ2) is 5.45. The molecule has 0 heterocycles. The van der Waals surface area contributed by atoms with Crippen LogP contribution in [-0.4, -0.2) is 20.5 Å². The molecule has 1 aromatic rings. The first-order chi connectivity index (χ1) is 7.92. The van der Waals surface area contributed by atoms with Gasteiger partial charge in [0, 0.05) is 6.42 Å². The number of hydrogen-bond donors (Lipinski definition) is 0. The summed E-state index contributed by atoms with van der Waals surface area (Å²) >= 11 is 0. The first-order valence-electron chi connectivity index (χ1n) is 5.71. The molecule has 0 saturated heterocycles. The molecule has 3 nitrogen and oxygen atoms in total. The maximum Gasteiger partial charge on any atom is 0.178 e. The third kappa shape index (κ3) is 3.16. The van der Waals surface area contributed by atoms with Gasteiger partial charge < -0.3 is 4.79 Å². The van der Waals surface area contributed by atoms with E-state index in [1.165, 1.54) is 0 Å². The van der Waals surface area contributed by atoms with Crippen molar-refractivity contribution in [3.05, 3.63) is 29.3 Å². The molecule has 0 amide bonds. The van der Waals surface area contributed by atoms with E-state index in [4.69, 9.17) is 0 Å². The average Bonchev–Trinajstić information content (AvgIpc) is 2.29. The molecule has 0 aromatic heterocycles. The molecule has 0 radical (unpaired) electrons. The molecule has 94 valence electrons. The van der Waals surface area contributed by atoms with Gasteiger partial charge in [-0.1, -0.05) is 26.8 Å². The molecule has 17 heavy (non-hydrogen) atoms. The SMILES string of the molecule is CCS(=O)(=O)c1ccc(CC=O)c(C(C)C)c1. The van der Waals surface area contributed by atoms with Crippen LogP contribution >= 0.6 is 0 Å². The first-order valence-corrected chi connectivity index (χ1v) is 7.36. The van der Waals surface area contributed by atoms with E-state index in [9.17, 15) is 13.2 Å². The van der Waals surface area contributed by atoms with Crippen molar-refractivity contribution in [3.63, 3.8) is 0 Å². The lowest BCUT2D eigenvalue weighted by molar-refractivity contribution is -0.107. The Kier molecular flexibility index (Phi) is 4.46. The van der Waals surface area contributed by atoms with Crippen LogP contribution in [0.15, 0.2) is 23.1 Å². The van der Waals surface area contributed by atoms with Gasteiger partial charge in [0.05, 0.1) is 10.6 Å². The van der Waals surface area contributed by atoms with Crippen molar-refractivity contribution in [1.82, 2.24) is 0 Å². The number of carbonyl (C=O) groups is 1. The van der Waals surface area contributed by atoms with Gasteiger partial charge in [-0.2, -0.15) is 0 Å². The molecule has 0 N–H and O–H groups in total. The molecular weight excluding hydrogens is 236 g/mol. The van der Waals surface area contributed by atoms with Gasteiger partial charge in [0.25, 0.3) is 0 Å². The molecule has 0 atom stereocenters. The number of hydrogen-bond acceptors (Lipinski definition) is 3. The number of carbonyl (C=O) groups excluding carboxylic acids is 1. The number of sulfone groups is 1. The Hall–Kier alpha value is -1.16. The number of aldehydes is 1. The first kappa shape index (κ1) is 13.9. The summed E-state index contributed by atoms with van der Waals surface area (Å²) in [6, 6.07) is 5.03. The van der Waals surface area contributed by atoms with Gasteiger partial charge >= 0.3 is 0 Å². The van der Waals surface area contributed by atoms with E-state index in [1.807, 2.05) is 13.8 Å². The van der Waals surface area contributed by atoms with Gasteiger partial charge in [0.2, 0.25) is 0 Å². The lowest BCUT2D eigenvalue weighted by Gasteiger charge is -2.13. The Bertz CT molecular complexity index is 501. The second-order valence-corrected chi connectivity index (χ2v) is 6.57. The van der Waals surface area contributed by atoms with Crippen LogP contribution < -0.4 is 0 Å². The van der Waals surface area contributed by atoms with E-state index < -0.39 is 9.84 Å². The predicted molar refractivity (Wildman–Crippen MR) is 68.0 cm³/mol. The van der Waals surface area contributed by atoms with Crippen LogP contribution in [0.1, 0.15) is 37.8 Å². The van der Waals surface area contributed by atoms with Crippen molar-refractivity contribution in [2.45, 2.75) is 38.0 Å². The molecule has 0 spiro atoms. The van der Waals surface area contributed by atoms with Gasteiger partial charge in [-0.05, 0) is 29.2 Å². The molecule has 4 heteroatoms. The zero-order chi connectivity index (χ0) is 13.1. The average molecular weight is 254 g/mol. The van der Waals surface area contributed by atoms with Crippen LogP contribution in [0.2, 0.25) is 0 Å². The predicted octanol–water partition coefficient (Wildman–Crippen LogP) is 2.35. The van der Waals surface area contributed by atoms with Crippen molar-refractivity contribution < 1.29 is 13.2 Å². The molecule has 0 aliphatic carbocycles. The zero-order valence-electron chi connectivity index (χ0n) is 10.4. The van der Waals surface area contributed by atoms with Crippen LogP contribution in [0.25, 0.3) is 0 Å². The van der Waals surface area contributed by atoms with Crippen molar-refractivity contribution in [2.24, 2.45) is 0 Å². The lowest BCUT2D eigenvalue weighted by Crippen LogP contribution is -2.06. The molecule has 0 aliphatic heterocycles. The minimum atomic E-state index is -3.17. The van der Waals surface area contributed by atoms with Crippen molar-refractivity contribution in [1.29, 1.82) is 0 Å². The van der Waals surface area contributed by atoms with Crippen LogP contribution in [0.4, 0.5) is 0 Å². The van der Waals surface area contributed by atoms with Gasteiger partial charge in [-0.15, -0.1) is 0 Å². The Morgan fingerprint density at radius 3 is 2.41 bits per heavy atom. The normalized spacial score (nSPS) is 11.8. The molecule has 1 rings (SSSR count). The Balaban J connectivity index is 3.33. The summed E-state index contributed by atoms with van der Waals surface area (Å²) in [6.45, 7) is 5.61. The smallest absolute Gasteiger partial charge is 0.178 e. The van der Waals surface area contributed by atoms with Crippen molar-refractivity contribution in [3.8, 4) is 0 Å². The number of benzene rings is 1. The quantitative estimate of drug-likeness (QED) is 0.758. The van der Waals surface area contributed by atoms with Crippen LogP contribution in [0.5, 0.6) is 0 Å². The van der Waals surface area contributed by atoms with E-state index in [-0.39, 0.29) is 11.7 Å². The van der Waals surface area contributed by atoms with Crippen molar-refractivity contribution in [2.75, 3.05) is 5.75 Å². The highest BCUT2D eigenvalue weighted by Crippen LogP contribution is 2.24. The monoisotopic (exact) mass is 254 g/mol. The third-order valence-corrected chi connectivity index (χ3v) is 4.51. The fourth-order valence-corrected chi connectivity index (χ4v) is 2.66. The van der Waals surface area contributed by atoms with Gasteiger partial charge in [0.1, 0.15) is 6.29 Å². The Morgan fingerprint density at radius 1 is 1.29 bits per heavy atom.